The van der Waals surface area contributed by atoms with Crippen LogP contribution >= 0.6 is 0 Å². The summed E-state index contributed by atoms with van der Waals surface area (Å²) < 4.78 is 33.8. The van der Waals surface area contributed by atoms with Crippen LogP contribution in [0.5, 0.6) is 11.5 Å². The number of H-pyrrole nitrogens is 2. The number of phenols is 2. The van der Waals surface area contributed by atoms with Crippen LogP contribution in [-0.4, -0.2) is 33.4 Å². The van der Waals surface area contributed by atoms with E-state index in [9.17, 15) is 23.6 Å². The highest BCUT2D eigenvalue weighted by molar-refractivity contribution is 6.36. The fourth-order valence-corrected chi connectivity index (χ4v) is 7.50. The van der Waals surface area contributed by atoms with E-state index in [0.717, 1.165) is 50.2 Å². The van der Waals surface area contributed by atoms with Crippen molar-refractivity contribution in [3.05, 3.63) is 113 Å². The number of hydrogen-bond acceptors (Lipinski definition) is 4. The molecule has 0 bridgehead atoms. The van der Waals surface area contributed by atoms with Gasteiger partial charge >= 0.3 is 7.47 Å². The minimum atomic E-state index is -3.21. The van der Waals surface area contributed by atoms with Gasteiger partial charge in [0.05, 0.1) is 22.8 Å². The number of rotatable bonds is 7. The van der Waals surface area contributed by atoms with Gasteiger partial charge in [-0.25, -0.2) is 8.63 Å². The molecule has 0 fully saturated rings. The lowest BCUT2D eigenvalue weighted by Gasteiger charge is -2.28. The number of phenolic OH excluding ortho intramolecular Hbond substituents is 2. The second kappa shape index (κ2) is 14.0. The van der Waals surface area contributed by atoms with Gasteiger partial charge in [-0.1, -0.05) is 132 Å². The number of nitrogens with one attached hydrogen (secondary N) is 2. The summed E-state index contributed by atoms with van der Waals surface area (Å²) in [6.45, 7) is 24.4. The van der Waals surface area contributed by atoms with E-state index in [2.05, 4.69) is 9.97 Å². The fraction of sp³-hybridized carbons (Fsp3) is 0.340. The van der Waals surface area contributed by atoms with Crippen LogP contribution in [0.4, 0.5) is 8.63 Å². The quantitative estimate of drug-likeness (QED) is 0.0564. The van der Waals surface area contributed by atoms with E-state index < -0.39 is 24.1 Å². The number of hydrogen-bond donors (Lipinski definition) is 4. The summed E-state index contributed by atoms with van der Waals surface area (Å²) in [7, 11) is -3.21. The first kappa shape index (κ1) is 40.4. The Bertz CT molecular complexity index is 2440. The van der Waals surface area contributed by atoms with E-state index in [0.29, 0.717) is 22.2 Å². The molecule has 0 amide bonds. The lowest BCUT2D eigenvalue weighted by atomic mass is 9.78. The monoisotopic (exact) mass is 758 g/mol. The Kier molecular flexibility index (Phi) is 10.1. The van der Waals surface area contributed by atoms with Crippen LogP contribution in [0.25, 0.3) is 49.8 Å². The molecule has 6 rings (SSSR count). The van der Waals surface area contributed by atoms with Gasteiger partial charge in [0.25, 0.3) is 0 Å². The van der Waals surface area contributed by atoms with Crippen LogP contribution in [0.3, 0.4) is 0 Å². The Morgan fingerprint density at radius 1 is 0.571 bits per heavy atom. The van der Waals surface area contributed by atoms with Gasteiger partial charge < -0.3 is 24.8 Å². The number of carbonyl (C=O) groups excluding carboxylic acids is 1. The summed E-state index contributed by atoms with van der Waals surface area (Å²) in [6.07, 6.45) is 1.12. The number of allylic oxidation sites excluding steroid dienone is 1. The number of halogens is 2. The molecule has 0 unspecified atom stereocenters. The van der Waals surface area contributed by atoms with Crippen molar-refractivity contribution in [3.63, 3.8) is 0 Å². The largest absolute Gasteiger partial charge is 0.796 e. The Balaban J connectivity index is 1.56. The maximum atomic E-state index is 14.4. The zero-order valence-corrected chi connectivity index (χ0v) is 34.5. The maximum absolute atomic E-state index is 14.4. The van der Waals surface area contributed by atoms with E-state index in [1.807, 2.05) is 150 Å². The van der Waals surface area contributed by atoms with Crippen LogP contribution in [0, 0.1) is 0 Å². The predicted molar refractivity (Wildman–Crippen MR) is 227 cm³/mol. The lowest BCUT2D eigenvalue weighted by molar-refractivity contribution is 0.104. The van der Waals surface area contributed by atoms with Gasteiger partial charge in [-0.2, -0.15) is 0 Å². The van der Waals surface area contributed by atoms with E-state index >= 15 is 0 Å². The molecule has 4 aromatic carbocycles. The Hall–Kier alpha value is -5.31. The van der Waals surface area contributed by atoms with E-state index in [1.165, 1.54) is 0 Å². The number of aromatic amines is 2. The van der Waals surface area contributed by atoms with Crippen molar-refractivity contribution >= 4 is 40.6 Å². The van der Waals surface area contributed by atoms with Gasteiger partial charge in [0.2, 0.25) is 5.78 Å². The third-order valence-electron chi connectivity index (χ3n) is 10.4. The van der Waals surface area contributed by atoms with Crippen LogP contribution in [0.15, 0.2) is 78.9 Å². The molecule has 0 radical (unpaired) electrons. The molecule has 292 valence electrons. The lowest BCUT2D eigenvalue weighted by Crippen LogP contribution is -2.17. The highest BCUT2D eigenvalue weighted by atomic mass is 19.2. The molecule has 0 saturated carbocycles. The summed E-state index contributed by atoms with van der Waals surface area (Å²) in [6, 6.07) is 22.6. The van der Waals surface area contributed by atoms with Crippen LogP contribution in [0.1, 0.15) is 122 Å². The van der Waals surface area contributed by atoms with Gasteiger partial charge in [0.1, 0.15) is 17.3 Å². The van der Waals surface area contributed by atoms with Crippen molar-refractivity contribution in [1.29, 1.82) is 0 Å². The maximum Gasteiger partial charge on any atom is 0.796 e. The average molecular weight is 759 g/mol. The molecular formula is C47H53BF2N2O4. The third-order valence-corrected chi connectivity index (χ3v) is 10.4. The number of fused-ring (bicyclic) bond motifs is 2. The average Bonchev–Trinajstić information content (AvgIpc) is 3.66. The first-order chi connectivity index (χ1) is 25.9. The summed E-state index contributed by atoms with van der Waals surface area (Å²) in [5.74, 6) is -0.394. The molecule has 6 aromatic rings. The number of benzene rings is 4. The Morgan fingerprint density at radius 3 is 1.23 bits per heavy atom. The molecule has 0 aliphatic heterocycles. The molecule has 4 N–H and O–H groups in total. The summed E-state index contributed by atoms with van der Waals surface area (Å²) in [4.78, 5) is 21.1. The minimum Gasteiger partial charge on any atom is -0.507 e. The fourth-order valence-electron chi connectivity index (χ4n) is 7.50. The molecule has 2 heterocycles. The molecule has 2 aromatic heterocycles. The number of aromatic hydroxyl groups is 2. The van der Waals surface area contributed by atoms with Crippen LogP contribution in [0.2, 0.25) is 0 Å². The normalized spacial score (nSPS) is 13.1. The third kappa shape index (κ3) is 7.60. The van der Waals surface area contributed by atoms with Gasteiger partial charge in [-0.3, -0.25) is 4.79 Å². The first-order valence-corrected chi connectivity index (χ1v) is 19.1. The molecule has 0 saturated heterocycles. The van der Waals surface area contributed by atoms with Gasteiger partial charge in [0, 0.05) is 49.9 Å². The SMILES string of the molecule is CC(C)(C)c1cc(-c2[nH]c(C(=O)/C=C(\OB(F)F)c3[nH]c(-c4cc(C(C)(C)C)c(O)c(C(C)(C)C)c4)c4ccccc34)c3ccccc23)cc(C(C)(C)C)c1O. The summed E-state index contributed by atoms with van der Waals surface area (Å²) >= 11 is 0. The van der Waals surface area contributed by atoms with Crippen molar-refractivity contribution in [2.45, 2.75) is 105 Å². The van der Waals surface area contributed by atoms with Crippen molar-refractivity contribution < 1.29 is 28.3 Å². The second-order valence-electron chi connectivity index (χ2n) is 18.9. The topological polar surface area (TPSA) is 98.3 Å². The Labute approximate surface area is 329 Å². The molecular weight excluding hydrogens is 705 g/mol. The van der Waals surface area contributed by atoms with Crippen LogP contribution in [-0.2, 0) is 26.3 Å². The van der Waals surface area contributed by atoms with Gasteiger partial charge in [-0.05, 0) is 57.1 Å². The Morgan fingerprint density at radius 2 is 0.893 bits per heavy atom. The second-order valence-corrected chi connectivity index (χ2v) is 18.9. The number of ketones is 1. The van der Waals surface area contributed by atoms with Crippen LogP contribution < -0.4 is 0 Å². The molecule has 0 aliphatic carbocycles. The standard InChI is InChI=1S/C47H53BF2N2O4/c1-44(2,3)32-21-26(22-33(42(32)54)45(4,5)6)38-28-17-13-15-19-30(28)40(51-38)36(53)25-37(56-48(49)50)41-31-20-16-14-18-29(31)39(52-41)27-23-34(46(7,8)9)43(55)35(24-27)47(10,11)12/h13-25,51-52,54-55H,1-12H3/b37-25-. The highest BCUT2D eigenvalue weighted by Crippen LogP contribution is 2.46. The highest BCUT2D eigenvalue weighted by Gasteiger charge is 2.31. The molecule has 0 spiro atoms. The van der Waals surface area contributed by atoms with Crippen molar-refractivity contribution in [1.82, 2.24) is 9.97 Å². The van der Waals surface area contributed by atoms with E-state index in [1.54, 1.807) is 6.07 Å². The number of aromatic nitrogens is 2. The molecule has 56 heavy (non-hydrogen) atoms. The molecule has 9 heteroatoms. The first-order valence-electron chi connectivity index (χ1n) is 19.1. The van der Waals surface area contributed by atoms with Crippen molar-refractivity contribution in [3.8, 4) is 34.0 Å². The number of carbonyl (C=O) groups is 1. The van der Waals surface area contributed by atoms with E-state index in [4.69, 9.17) is 4.65 Å². The van der Waals surface area contributed by atoms with Crippen molar-refractivity contribution in [2.75, 3.05) is 0 Å². The zero-order valence-electron chi connectivity index (χ0n) is 34.5. The van der Waals surface area contributed by atoms with Gasteiger partial charge in [-0.15, -0.1) is 0 Å². The van der Waals surface area contributed by atoms with Crippen molar-refractivity contribution in [2.24, 2.45) is 0 Å². The summed E-state index contributed by atoms with van der Waals surface area (Å²) in [5.41, 5.74) is 4.80. The molecule has 0 aliphatic rings. The predicted octanol–water partition coefficient (Wildman–Crippen LogP) is 12.7. The van der Waals surface area contributed by atoms with Gasteiger partial charge in [0.15, 0.2) is 0 Å². The van der Waals surface area contributed by atoms with E-state index in [-0.39, 0.29) is 39.5 Å². The smallest absolute Gasteiger partial charge is 0.507 e. The molecule has 6 nitrogen and oxygen atoms in total. The molecule has 0 atom stereocenters. The summed E-state index contributed by atoms with van der Waals surface area (Å²) in [5, 5.41) is 25.6. The zero-order chi connectivity index (χ0) is 41.3. The minimum absolute atomic E-state index is 0.216.